The predicted octanol–water partition coefficient (Wildman–Crippen LogP) is 4.34. The Balaban J connectivity index is 1.92. The van der Waals surface area contributed by atoms with E-state index in [0.717, 1.165) is 22.2 Å². The topological polar surface area (TPSA) is 57.9 Å². The van der Waals surface area contributed by atoms with Crippen molar-refractivity contribution >= 4 is 40.9 Å². The van der Waals surface area contributed by atoms with Crippen molar-refractivity contribution in [2.45, 2.75) is 6.92 Å². The van der Waals surface area contributed by atoms with Crippen LogP contribution >= 0.6 is 12.2 Å². The molecule has 0 fully saturated rings. The zero-order chi connectivity index (χ0) is 16.1. The van der Waals surface area contributed by atoms with Crippen LogP contribution in [0.25, 0.3) is 22.7 Å². The van der Waals surface area contributed by atoms with E-state index in [1.165, 1.54) is 12.1 Å². The second-order valence-corrected chi connectivity index (χ2v) is 5.81. The van der Waals surface area contributed by atoms with E-state index < -0.39 is 5.97 Å². The number of hydrogen-bond acceptors (Lipinski definition) is 3. The van der Waals surface area contributed by atoms with Crippen molar-refractivity contribution in [1.82, 2.24) is 9.97 Å². The SMILES string of the molecule is Cc1cc2c(c(=S)[nH]1)C(=O)O/C2=C\c1c[nH]c2ccc(F)cc12. The van der Waals surface area contributed by atoms with Gasteiger partial charge in [0.1, 0.15) is 21.8 Å². The van der Waals surface area contributed by atoms with Crippen LogP contribution in [0.15, 0.2) is 30.5 Å². The molecule has 0 atom stereocenters. The number of aromatic amines is 2. The molecule has 0 saturated heterocycles. The molecule has 0 unspecified atom stereocenters. The highest BCUT2D eigenvalue weighted by Gasteiger charge is 2.28. The lowest BCUT2D eigenvalue weighted by atomic mass is 10.1. The Labute approximate surface area is 135 Å². The molecular formula is C17H11FN2O2S. The smallest absolute Gasteiger partial charge is 0.347 e. The summed E-state index contributed by atoms with van der Waals surface area (Å²) < 4.78 is 19.2. The number of carbonyl (C=O) groups excluding carboxylic acids is 1. The van der Waals surface area contributed by atoms with Gasteiger partial charge in [-0.2, -0.15) is 0 Å². The first-order chi connectivity index (χ1) is 11.0. The maximum Gasteiger partial charge on any atom is 0.347 e. The fourth-order valence-electron chi connectivity index (χ4n) is 2.77. The van der Waals surface area contributed by atoms with E-state index in [9.17, 15) is 9.18 Å². The largest absolute Gasteiger partial charge is 0.422 e. The van der Waals surface area contributed by atoms with E-state index >= 15 is 0 Å². The molecule has 2 aromatic heterocycles. The van der Waals surface area contributed by atoms with E-state index in [4.69, 9.17) is 17.0 Å². The third kappa shape index (κ3) is 2.19. The Morgan fingerprint density at radius 1 is 1.30 bits per heavy atom. The van der Waals surface area contributed by atoms with Crippen LogP contribution < -0.4 is 0 Å². The Bertz CT molecular complexity index is 1060. The average Bonchev–Trinajstić information content (AvgIpc) is 3.01. The van der Waals surface area contributed by atoms with E-state index in [1.54, 1.807) is 18.3 Å². The van der Waals surface area contributed by atoms with Crippen molar-refractivity contribution < 1.29 is 13.9 Å². The molecule has 0 saturated carbocycles. The van der Waals surface area contributed by atoms with Crippen LogP contribution in [0.4, 0.5) is 4.39 Å². The van der Waals surface area contributed by atoms with Gasteiger partial charge in [-0.3, -0.25) is 0 Å². The molecule has 1 aliphatic rings. The number of H-pyrrole nitrogens is 2. The molecule has 3 aromatic rings. The molecule has 6 heteroatoms. The Hall–Kier alpha value is -2.73. The van der Waals surface area contributed by atoms with Crippen LogP contribution in [0.5, 0.6) is 0 Å². The molecule has 4 rings (SSSR count). The molecular weight excluding hydrogens is 315 g/mol. The molecule has 3 heterocycles. The number of pyridine rings is 1. The van der Waals surface area contributed by atoms with Gasteiger partial charge in [0.25, 0.3) is 0 Å². The second-order valence-electron chi connectivity index (χ2n) is 5.40. The maximum atomic E-state index is 13.5. The third-order valence-corrected chi connectivity index (χ3v) is 4.11. The van der Waals surface area contributed by atoms with Crippen LogP contribution in [-0.2, 0) is 4.74 Å². The van der Waals surface area contributed by atoms with Gasteiger partial charge in [-0.25, -0.2) is 9.18 Å². The summed E-state index contributed by atoms with van der Waals surface area (Å²) in [7, 11) is 0. The zero-order valence-electron chi connectivity index (χ0n) is 12.1. The van der Waals surface area contributed by atoms with Crippen molar-refractivity contribution in [3.8, 4) is 0 Å². The molecule has 4 nitrogen and oxygen atoms in total. The molecule has 114 valence electrons. The second kappa shape index (κ2) is 4.89. The quantitative estimate of drug-likeness (QED) is 0.516. The average molecular weight is 326 g/mol. The summed E-state index contributed by atoms with van der Waals surface area (Å²) in [5.41, 5.74) is 3.41. The number of hydrogen-bond donors (Lipinski definition) is 2. The first kappa shape index (κ1) is 13.9. The fraction of sp³-hybridized carbons (Fsp3) is 0.0588. The molecule has 1 aliphatic heterocycles. The highest BCUT2D eigenvalue weighted by molar-refractivity contribution is 7.71. The molecule has 0 spiro atoms. The Kier molecular flexibility index (Phi) is 2.96. The number of rotatable bonds is 1. The summed E-state index contributed by atoms with van der Waals surface area (Å²) in [6, 6.07) is 6.32. The van der Waals surface area contributed by atoms with Gasteiger partial charge in [0.15, 0.2) is 0 Å². The molecule has 0 bridgehead atoms. The van der Waals surface area contributed by atoms with Crippen molar-refractivity contribution in [2.24, 2.45) is 0 Å². The molecule has 23 heavy (non-hydrogen) atoms. The monoisotopic (exact) mass is 326 g/mol. The van der Waals surface area contributed by atoms with Gasteiger partial charge in [-0.15, -0.1) is 0 Å². The van der Waals surface area contributed by atoms with E-state index in [2.05, 4.69) is 9.97 Å². The number of cyclic esters (lactones) is 1. The van der Waals surface area contributed by atoms with Gasteiger partial charge >= 0.3 is 5.97 Å². The minimum Gasteiger partial charge on any atom is -0.422 e. The minimum absolute atomic E-state index is 0.321. The van der Waals surface area contributed by atoms with Crippen LogP contribution in [0, 0.1) is 17.4 Å². The number of esters is 1. The first-order valence-corrected chi connectivity index (χ1v) is 7.38. The number of halogens is 1. The first-order valence-electron chi connectivity index (χ1n) is 6.98. The summed E-state index contributed by atoms with van der Waals surface area (Å²) >= 11 is 5.20. The summed E-state index contributed by atoms with van der Waals surface area (Å²) in [5, 5.41) is 0.722. The predicted molar refractivity (Wildman–Crippen MR) is 87.9 cm³/mol. The zero-order valence-corrected chi connectivity index (χ0v) is 12.9. The third-order valence-electron chi connectivity index (χ3n) is 3.80. The summed E-state index contributed by atoms with van der Waals surface area (Å²) in [6.07, 6.45) is 3.47. The lowest BCUT2D eigenvalue weighted by Gasteiger charge is -2.00. The van der Waals surface area contributed by atoms with Crippen molar-refractivity contribution in [3.63, 3.8) is 0 Å². The fourth-order valence-corrected chi connectivity index (χ4v) is 3.13. The van der Waals surface area contributed by atoms with Crippen LogP contribution in [0.3, 0.4) is 0 Å². The normalized spacial score (nSPS) is 15.2. The summed E-state index contributed by atoms with van der Waals surface area (Å²) in [4.78, 5) is 18.1. The van der Waals surface area contributed by atoms with E-state index in [1.807, 2.05) is 13.0 Å². The van der Waals surface area contributed by atoms with Gasteiger partial charge in [0.05, 0.1) is 0 Å². The number of aryl methyl sites for hydroxylation is 1. The number of benzene rings is 1. The minimum atomic E-state index is -0.474. The molecule has 0 radical (unpaired) electrons. The van der Waals surface area contributed by atoms with Crippen molar-refractivity contribution in [2.75, 3.05) is 0 Å². The lowest BCUT2D eigenvalue weighted by molar-refractivity contribution is 0.0716. The highest BCUT2D eigenvalue weighted by atomic mass is 32.1. The number of aromatic nitrogens is 2. The maximum absolute atomic E-state index is 13.5. The summed E-state index contributed by atoms with van der Waals surface area (Å²) in [6.45, 7) is 1.86. The van der Waals surface area contributed by atoms with Gasteiger partial charge < -0.3 is 14.7 Å². The lowest BCUT2D eigenvalue weighted by Crippen LogP contribution is -1.97. The highest BCUT2D eigenvalue weighted by Crippen LogP contribution is 2.33. The number of nitrogens with one attached hydrogen (secondary N) is 2. The molecule has 2 N–H and O–H groups in total. The molecule has 0 aliphatic carbocycles. The van der Waals surface area contributed by atoms with E-state index in [0.29, 0.717) is 21.5 Å². The van der Waals surface area contributed by atoms with Gasteiger partial charge in [-0.1, -0.05) is 12.2 Å². The standard InChI is InChI=1S/C17H11FN2O2S/c1-8-4-12-14(22-17(21)15(12)16(23)20-8)5-9-7-19-13-3-2-10(18)6-11(9)13/h2-7,19H,1H3,(H,20,23)/b14-5-. The van der Waals surface area contributed by atoms with E-state index in [-0.39, 0.29) is 5.82 Å². The Morgan fingerprint density at radius 2 is 2.13 bits per heavy atom. The molecule has 1 aromatic carbocycles. The van der Waals surface area contributed by atoms with Gasteiger partial charge in [-0.05, 0) is 37.3 Å². The number of ether oxygens (including phenoxy) is 1. The van der Waals surface area contributed by atoms with Crippen LogP contribution in [0.2, 0.25) is 0 Å². The Morgan fingerprint density at radius 3 is 2.96 bits per heavy atom. The van der Waals surface area contributed by atoms with Crippen LogP contribution in [-0.4, -0.2) is 15.9 Å². The number of carbonyl (C=O) groups is 1. The van der Waals surface area contributed by atoms with Gasteiger partial charge in [0, 0.05) is 33.9 Å². The van der Waals surface area contributed by atoms with Crippen LogP contribution in [0.1, 0.15) is 27.2 Å². The van der Waals surface area contributed by atoms with Crippen molar-refractivity contribution in [3.05, 3.63) is 63.3 Å². The number of fused-ring (bicyclic) bond motifs is 2. The molecule has 0 amide bonds. The van der Waals surface area contributed by atoms with Crippen molar-refractivity contribution in [1.29, 1.82) is 0 Å². The van der Waals surface area contributed by atoms with Gasteiger partial charge in [0.2, 0.25) is 0 Å². The summed E-state index contributed by atoms with van der Waals surface area (Å²) in [5.74, 6) is -0.379.